The van der Waals surface area contributed by atoms with Crippen molar-refractivity contribution in [1.29, 1.82) is 0 Å². The summed E-state index contributed by atoms with van der Waals surface area (Å²) in [4.78, 5) is 4.43. The van der Waals surface area contributed by atoms with Crippen LogP contribution in [0, 0.1) is 0 Å². The second-order valence-electron chi connectivity index (χ2n) is 3.68. The number of thiazole rings is 1. The van der Waals surface area contributed by atoms with E-state index in [4.69, 9.17) is 5.73 Å². The quantitative estimate of drug-likeness (QED) is 0.736. The molecule has 0 amide bonds. The van der Waals surface area contributed by atoms with Gasteiger partial charge in [0, 0.05) is 11.6 Å². The molecule has 0 aliphatic carbocycles. The van der Waals surface area contributed by atoms with Crippen molar-refractivity contribution >= 4 is 17.0 Å². The molecule has 3 aromatic heterocycles. The molecule has 86 valence electrons. The molecule has 0 radical (unpaired) electrons. The third-order valence-electron chi connectivity index (χ3n) is 2.32. The zero-order valence-electron chi connectivity index (χ0n) is 9.11. The number of rotatable bonds is 2. The summed E-state index contributed by atoms with van der Waals surface area (Å²) < 4.78 is 1.67. The van der Waals surface area contributed by atoms with E-state index in [9.17, 15) is 0 Å². The van der Waals surface area contributed by atoms with Crippen LogP contribution in [0.3, 0.4) is 0 Å². The molecule has 1 atom stereocenters. The number of aromatic nitrogens is 5. The molecule has 2 N–H and O–H groups in total. The van der Waals surface area contributed by atoms with Crippen molar-refractivity contribution in [3.05, 3.63) is 28.7 Å². The maximum Gasteiger partial charge on any atom is 0.204 e. The predicted molar refractivity (Wildman–Crippen MR) is 64.5 cm³/mol. The van der Waals surface area contributed by atoms with Gasteiger partial charge in [-0.25, -0.2) is 4.98 Å². The molecule has 6 nitrogen and oxygen atoms in total. The van der Waals surface area contributed by atoms with Crippen LogP contribution in [0.1, 0.15) is 18.0 Å². The summed E-state index contributed by atoms with van der Waals surface area (Å²) in [6, 6.07) is 3.60. The summed E-state index contributed by atoms with van der Waals surface area (Å²) in [7, 11) is 0. The molecule has 3 heterocycles. The van der Waals surface area contributed by atoms with Gasteiger partial charge in [-0.05, 0) is 19.1 Å². The molecule has 1 unspecified atom stereocenters. The maximum absolute atomic E-state index is 5.78. The van der Waals surface area contributed by atoms with Gasteiger partial charge in [0.05, 0.1) is 6.04 Å². The molecular formula is C10H10N6S. The van der Waals surface area contributed by atoms with E-state index in [1.807, 2.05) is 24.4 Å². The van der Waals surface area contributed by atoms with E-state index in [0.717, 1.165) is 10.7 Å². The molecule has 0 saturated heterocycles. The molecule has 0 aromatic carbocycles. The van der Waals surface area contributed by atoms with Gasteiger partial charge in [0.2, 0.25) is 5.82 Å². The highest BCUT2D eigenvalue weighted by atomic mass is 32.1. The highest BCUT2D eigenvalue weighted by Crippen LogP contribution is 2.23. The first-order chi connectivity index (χ1) is 8.25. The number of fused-ring (bicyclic) bond motifs is 1. The van der Waals surface area contributed by atoms with Gasteiger partial charge >= 0.3 is 0 Å². The van der Waals surface area contributed by atoms with E-state index in [2.05, 4.69) is 20.3 Å². The Kier molecular flexibility index (Phi) is 2.34. The van der Waals surface area contributed by atoms with Crippen molar-refractivity contribution in [2.24, 2.45) is 5.73 Å². The first kappa shape index (κ1) is 10.3. The highest BCUT2D eigenvalue weighted by Gasteiger charge is 2.13. The van der Waals surface area contributed by atoms with E-state index in [-0.39, 0.29) is 6.04 Å². The lowest BCUT2D eigenvalue weighted by Gasteiger charge is -1.97. The summed E-state index contributed by atoms with van der Waals surface area (Å²) in [6.07, 6.45) is 1.69. The fourth-order valence-corrected chi connectivity index (χ4v) is 2.26. The minimum absolute atomic E-state index is 0.0686. The first-order valence-electron chi connectivity index (χ1n) is 5.13. The van der Waals surface area contributed by atoms with Crippen LogP contribution < -0.4 is 5.73 Å². The van der Waals surface area contributed by atoms with Gasteiger partial charge in [-0.1, -0.05) is 0 Å². The second kappa shape index (κ2) is 3.86. The molecule has 0 aliphatic rings. The van der Waals surface area contributed by atoms with E-state index >= 15 is 0 Å². The lowest BCUT2D eigenvalue weighted by atomic mass is 10.4. The Labute approximate surface area is 101 Å². The Hall–Kier alpha value is -1.86. The Morgan fingerprint density at radius 3 is 3.06 bits per heavy atom. The van der Waals surface area contributed by atoms with Gasteiger partial charge in [0.25, 0.3) is 0 Å². The Morgan fingerprint density at radius 1 is 1.41 bits per heavy atom. The fourth-order valence-electron chi connectivity index (χ4n) is 1.50. The molecule has 0 saturated carbocycles. The third kappa shape index (κ3) is 1.69. The van der Waals surface area contributed by atoms with Gasteiger partial charge in [-0.3, -0.25) is 0 Å². The number of nitrogens with zero attached hydrogens (tertiary/aromatic N) is 5. The minimum Gasteiger partial charge on any atom is -0.322 e. The van der Waals surface area contributed by atoms with Crippen LogP contribution in [-0.2, 0) is 0 Å². The highest BCUT2D eigenvalue weighted by molar-refractivity contribution is 7.10. The number of nitrogens with two attached hydrogens (primary N) is 1. The van der Waals surface area contributed by atoms with Crippen molar-refractivity contribution in [2.75, 3.05) is 0 Å². The molecule has 3 aromatic rings. The summed E-state index contributed by atoms with van der Waals surface area (Å²) in [5, 5.41) is 15.1. The molecule has 0 fully saturated rings. The lowest BCUT2D eigenvalue weighted by molar-refractivity contribution is 0.806. The van der Waals surface area contributed by atoms with Crippen molar-refractivity contribution in [3.8, 4) is 11.5 Å². The average molecular weight is 246 g/mol. The summed E-state index contributed by atoms with van der Waals surface area (Å²) in [6.45, 7) is 1.91. The van der Waals surface area contributed by atoms with Crippen molar-refractivity contribution in [3.63, 3.8) is 0 Å². The number of hydrogen-bond acceptors (Lipinski definition) is 6. The van der Waals surface area contributed by atoms with Gasteiger partial charge in [0.15, 0.2) is 5.65 Å². The summed E-state index contributed by atoms with van der Waals surface area (Å²) in [5.74, 6) is 0.642. The molecule has 3 rings (SSSR count). The summed E-state index contributed by atoms with van der Waals surface area (Å²) in [5.41, 5.74) is 7.25. The fraction of sp³-hybridized carbons (Fsp3) is 0.200. The van der Waals surface area contributed by atoms with Crippen LogP contribution in [-0.4, -0.2) is 24.8 Å². The van der Waals surface area contributed by atoms with Crippen LogP contribution in [0.5, 0.6) is 0 Å². The Bertz CT molecular complexity index is 655. The van der Waals surface area contributed by atoms with Crippen LogP contribution in [0.2, 0.25) is 0 Å². The average Bonchev–Trinajstić information content (AvgIpc) is 2.95. The Balaban J connectivity index is 2.14. The van der Waals surface area contributed by atoms with Crippen LogP contribution >= 0.6 is 11.3 Å². The van der Waals surface area contributed by atoms with Crippen LogP contribution in [0.25, 0.3) is 17.2 Å². The molecule has 7 heteroatoms. The molecule has 0 aliphatic heterocycles. The van der Waals surface area contributed by atoms with Gasteiger partial charge < -0.3 is 5.73 Å². The number of hydrogen-bond donors (Lipinski definition) is 1. The van der Waals surface area contributed by atoms with Crippen molar-refractivity contribution < 1.29 is 0 Å². The molecule has 0 bridgehead atoms. The largest absolute Gasteiger partial charge is 0.322 e. The van der Waals surface area contributed by atoms with Gasteiger partial charge in [0.1, 0.15) is 10.7 Å². The van der Waals surface area contributed by atoms with E-state index in [1.165, 1.54) is 11.3 Å². The summed E-state index contributed by atoms with van der Waals surface area (Å²) >= 11 is 1.52. The smallest absolute Gasteiger partial charge is 0.204 e. The van der Waals surface area contributed by atoms with E-state index in [1.54, 1.807) is 10.7 Å². The van der Waals surface area contributed by atoms with Crippen molar-refractivity contribution in [1.82, 2.24) is 24.8 Å². The van der Waals surface area contributed by atoms with E-state index in [0.29, 0.717) is 11.5 Å². The van der Waals surface area contributed by atoms with Gasteiger partial charge in [-0.2, -0.15) is 9.61 Å². The van der Waals surface area contributed by atoms with E-state index < -0.39 is 0 Å². The predicted octanol–water partition coefficient (Wildman–Crippen LogP) is 1.27. The first-order valence-corrected chi connectivity index (χ1v) is 6.01. The third-order valence-corrected chi connectivity index (χ3v) is 3.36. The van der Waals surface area contributed by atoms with Crippen molar-refractivity contribution in [2.45, 2.75) is 13.0 Å². The van der Waals surface area contributed by atoms with Crippen LogP contribution in [0.15, 0.2) is 23.7 Å². The molecule has 17 heavy (non-hydrogen) atoms. The SMILES string of the molecule is CC(N)c1nc(-c2nnc3cccnn23)cs1. The zero-order valence-corrected chi connectivity index (χ0v) is 9.92. The van der Waals surface area contributed by atoms with Crippen LogP contribution in [0.4, 0.5) is 0 Å². The van der Waals surface area contributed by atoms with Gasteiger partial charge in [-0.15, -0.1) is 21.5 Å². The maximum atomic E-state index is 5.78. The minimum atomic E-state index is -0.0686. The Morgan fingerprint density at radius 2 is 2.29 bits per heavy atom. The molecule has 0 spiro atoms. The standard InChI is InChI=1S/C10H10N6S/c1-6(11)10-13-7(5-17-10)9-15-14-8-3-2-4-12-16(8)9/h2-6H,11H2,1H3. The lowest BCUT2D eigenvalue weighted by Crippen LogP contribution is -2.04. The normalized spacial score (nSPS) is 13.1. The zero-order chi connectivity index (χ0) is 11.8. The molecular weight excluding hydrogens is 236 g/mol. The second-order valence-corrected chi connectivity index (χ2v) is 4.57. The topological polar surface area (TPSA) is 82.0 Å². The monoisotopic (exact) mass is 246 g/mol.